The minimum atomic E-state index is -0.373. The predicted molar refractivity (Wildman–Crippen MR) is 66.6 cm³/mol. The standard InChI is InChI=1S/C14H14O3/c1-9-8-10-6-4-5-7-11(10)12(13(9)16-2)14(15)17-3/h4-8H,1-3H3. The molecule has 0 N–H and O–H groups in total. The molecule has 17 heavy (non-hydrogen) atoms. The molecule has 2 rings (SSSR count). The molecule has 0 amide bonds. The van der Waals surface area contributed by atoms with E-state index in [4.69, 9.17) is 9.47 Å². The van der Waals surface area contributed by atoms with E-state index in [0.717, 1.165) is 16.3 Å². The normalized spacial score (nSPS) is 10.3. The van der Waals surface area contributed by atoms with Gasteiger partial charge in [0, 0.05) is 0 Å². The summed E-state index contributed by atoms with van der Waals surface area (Å²) < 4.78 is 10.1. The zero-order valence-electron chi connectivity index (χ0n) is 10.1. The van der Waals surface area contributed by atoms with Crippen LogP contribution in [-0.2, 0) is 4.74 Å². The van der Waals surface area contributed by atoms with Gasteiger partial charge in [-0.2, -0.15) is 0 Å². The first-order valence-corrected chi connectivity index (χ1v) is 5.33. The van der Waals surface area contributed by atoms with Crippen LogP contribution >= 0.6 is 0 Å². The molecule has 0 unspecified atom stereocenters. The van der Waals surface area contributed by atoms with Crippen molar-refractivity contribution in [2.45, 2.75) is 6.92 Å². The number of aryl methyl sites for hydroxylation is 1. The number of rotatable bonds is 2. The molecule has 0 bridgehead atoms. The molecule has 0 heterocycles. The number of benzene rings is 2. The number of methoxy groups -OCH3 is 2. The Bertz CT molecular complexity index is 573. The van der Waals surface area contributed by atoms with Crippen LogP contribution in [0.5, 0.6) is 5.75 Å². The fourth-order valence-corrected chi connectivity index (χ4v) is 2.04. The molecule has 0 saturated heterocycles. The minimum absolute atomic E-state index is 0.373. The van der Waals surface area contributed by atoms with E-state index in [0.29, 0.717) is 11.3 Å². The van der Waals surface area contributed by atoms with Crippen molar-refractivity contribution < 1.29 is 14.3 Å². The first-order valence-electron chi connectivity index (χ1n) is 5.33. The maximum Gasteiger partial charge on any atom is 0.342 e. The second-order valence-corrected chi connectivity index (χ2v) is 3.81. The summed E-state index contributed by atoms with van der Waals surface area (Å²) in [5.74, 6) is 0.206. The van der Waals surface area contributed by atoms with Gasteiger partial charge in [0.05, 0.1) is 14.2 Å². The molecule has 0 aliphatic carbocycles. The maximum atomic E-state index is 11.9. The number of hydrogen-bond acceptors (Lipinski definition) is 3. The van der Waals surface area contributed by atoms with E-state index in [1.54, 1.807) is 7.11 Å². The molecule has 0 aromatic heterocycles. The number of ether oxygens (including phenoxy) is 2. The van der Waals surface area contributed by atoms with Crippen LogP contribution in [0.25, 0.3) is 10.8 Å². The fraction of sp³-hybridized carbons (Fsp3) is 0.214. The smallest absolute Gasteiger partial charge is 0.342 e. The Labute approximate surface area is 100.0 Å². The Morgan fingerprint density at radius 1 is 1.18 bits per heavy atom. The molecule has 0 aliphatic heterocycles. The molecule has 88 valence electrons. The van der Waals surface area contributed by atoms with E-state index in [1.807, 2.05) is 37.3 Å². The highest BCUT2D eigenvalue weighted by molar-refractivity contribution is 6.07. The highest BCUT2D eigenvalue weighted by atomic mass is 16.5. The van der Waals surface area contributed by atoms with E-state index in [2.05, 4.69) is 0 Å². The van der Waals surface area contributed by atoms with Crippen LogP contribution in [-0.4, -0.2) is 20.2 Å². The number of carbonyl (C=O) groups is 1. The second kappa shape index (κ2) is 4.45. The summed E-state index contributed by atoms with van der Waals surface area (Å²) in [6.07, 6.45) is 0. The summed E-state index contributed by atoms with van der Waals surface area (Å²) in [7, 11) is 2.93. The molecule has 3 nitrogen and oxygen atoms in total. The summed E-state index contributed by atoms with van der Waals surface area (Å²) in [5, 5.41) is 1.85. The van der Waals surface area contributed by atoms with Gasteiger partial charge in [-0.05, 0) is 29.3 Å². The van der Waals surface area contributed by atoms with Gasteiger partial charge in [-0.15, -0.1) is 0 Å². The van der Waals surface area contributed by atoms with Gasteiger partial charge < -0.3 is 9.47 Å². The first-order chi connectivity index (χ1) is 8.19. The van der Waals surface area contributed by atoms with Crippen LogP contribution in [0.3, 0.4) is 0 Å². The van der Waals surface area contributed by atoms with Crippen molar-refractivity contribution in [2.24, 2.45) is 0 Å². The molecule has 0 radical (unpaired) electrons. The van der Waals surface area contributed by atoms with Gasteiger partial charge >= 0.3 is 5.97 Å². The SMILES string of the molecule is COC(=O)c1c(OC)c(C)cc2ccccc12. The van der Waals surface area contributed by atoms with E-state index in [-0.39, 0.29) is 5.97 Å². The molecule has 2 aromatic carbocycles. The van der Waals surface area contributed by atoms with Crippen LogP contribution in [0.1, 0.15) is 15.9 Å². The molecule has 0 spiro atoms. The predicted octanol–water partition coefficient (Wildman–Crippen LogP) is 2.94. The molecule has 2 aromatic rings. The molecule has 0 atom stereocenters. The minimum Gasteiger partial charge on any atom is -0.496 e. The summed E-state index contributed by atoms with van der Waals surface area (Å²) in [6, 6.07) is 9.69. The first kappa shape index (κ1) is 11.5. The van der Waals surface area contributed by atoms with Gasteiger partial charge in [0.25, 0.3) is 0 Å². The van der Waals surface area contributed by atoms with Crippen LogP contribution in [0.15, 0.2) is 30.3 Å². The average molecular weight is 230 g/mol. The van der Waals surface area contributed by atoms with Gasteiger partial charge in [0.1, 0.15) is 11.3 Å². The second-order valence-electron chi connectivity index (χ2n) is 3.81. The highest BCUT2D eigenvalue weighted by Crippen LogP contribution is 2.32. The molecular formula is C14H14O3. The number of esters is 1. The lowest BCUT2D eigenvalue weighted by Gasteiger charge is -2.13. The quantitative estimate of drug-likeness (QED) is 0.744. The zero-order chi connectivity index (χ0) is 12.4. The number of hydrogen-bond donors (Lipinski definition) is 0. The summed E-state index contributed by atoms with van der Waals surface area (Å²) >= 11 is 0. The van der Waals surface area contributed by atoms with Crippen molar-refractivity contribution in [3.8, 4) is 5.75 Å². The van der Waals surface area contributed by atoms with Crippen LogP contribution in [0, 0.1) is 6.92 Å². The third kappa shape index (κ3) is 1.84. The van der Waals surface area contributed by atoms with E-state index >= 15 is 0 Å². The number of fused-ring (bicyclic) bond motifs is 1. The van der Waals surface area contributed by atoms with Gasteiger partial charge in [-0.25, -0.2) is 4.79 Å². The average Bonchev–Trinajstić information content (AvgIpc) is 2.36. The molecular weight excluding hydrogens is 216 g/mol. The van der Waals surface area contributed by atoms with Gasteiger partial charge in [0.15, 0.2) is 0 Å². The Kier molecular flexibility index (Phi) is 3.00. The largest absolute Gasteiger partial charge is 0.496 e. The molecule has 0 aliphatic rings. The number of carbonyl (C=O) groups excluding carboxylic acids is 1. The van der Waals surface area contributed by atoms with Crippen LogP contribution in [0.2, 0.25) is 0 Å². The summed E-state index contributed by atoms with van der Waals surface area (Å²) in [6.45, 7) is 1.91. The lowest BCUT2D eigenvalue weighted by molar-refractivity contribution is 0.0599. The Morgan fingerprint density at radius 3 is 2.53 bits per heavy atom. The maximum absolute atomic E-state index is 11.9. The third-order valence-electron chi connectivity index (χ3n) is 2.78. The highest BCUT2D eigenvalue weighted by Gasteiger charge is 2.18. The Hall–Kier alpha value is -2.03. The van der Waals surface area contributed by atoms with Gasteiger partial charge in [-0.1, -0.05) is 24.3 Å². The van der Waals surface area contributed by atoms with Crippen molar-refractivity contribution in [3.05, 3.63) is 41.5 Å². The van der Waals surface area contributed by atoms with E-state index in [1.165, 1.54) is 7.11 Å². The fourth-order valence-electron chi connectivity index (χ4n) is 2.04. The topological polar surface area (TPSA) is 35.5 Å². The Morgan fingerprint density at radius 2 is 1.88 bits per heavy atom. The van der Waals surface area contributed by atoms with Crippen LogP contribution < -0.4 is 4.74 Å². The Balaban J connectivity index is 2.86. The monoisotopic (exact) mass is 230 g/mol. The lowest BCUT2D eigenvalue weighted by Crippen LogP contribution is -2.06. The molecule has 0 saturated carbocycles. The van der Waals surface area contributed by atoms with Gasteiger partial charge in [0.2, 0.25) is 0 Å². The van der Waals surface area contributed by atoms with Crippen molar-refractivity contribution in [1.82, 2.24) is 0 Å². The zero-order valence-corrected chi connectivity index (χ0v) is 10.1. The summed E-state index contributed by atoms with van der Waals surface area (Å²) in [4.78, 5) is 11.9. The van der Waals surface area contributed by atoms with Crippen molar-refractivity contribution in [3.63, 3.8) is 0 Å². The molecule has 3 heteroatoms. The van der Waals surface area contributed by atoms with Gasteiger partial charge in [-0.3, -0.25) is 0 Å². The lowest BCUT2D eigenvalue weighted by atomic mass is 10.00. The summed E-state index contributed by atoms with van der Waals surface area (Å²) in [5.41, 5.74) is 1.41. The van der Waals surface area contributed by atoms with Crippen molar-refractivity contribution >= 4 is 16.7 Å². The third-order valence-corrected chi connectivity index (χ3v) is 2.78. The van der Waals surface area contributed by atoms with Crippen molar-refractivity contribution in [1.29, 1.82) is 0 Å². The van der Waals surface area contributed by atoms with Crippen LogP contribution in [0.4, 0.5) is 0 Å². The van der Waals surface area contributed by atoms with E-state index < -0.39 is 0 Å². The van der Waals surface area contributed by atoms with E-state index in [9.17, 15) is 4.79 Å². The van der Waals surface area contributed by atoms with Crippen molar-refractivity contribution in [2.75, 3.05) is 14.2 Å². The molecule has 0 fully saturated rings.